The van der Waals surface area contributed by atoms with Gasteiger partial charge in [-0.1, -0.05) is 12.1 Å². The van der Waals surface area contributed by atoms with Gasteiger partial charge in [-0.25, -0.2) is 4.79 Å². The number of benzene rings is 2. The first-order valence-electron chi connectivity index (χ1n) is 9.75. The Morgan fingerprint density at radius 2 is 1.83 bits per heavy atom. The van der Waals surface area contributed by atoms with Crippen molar-refractivity contribution >= 4 is 28.5 Å². The van der Waals surface area contributed by atoms with E-state index in [1.807, 2.05) is 11.0 Å². The second kappa shape index (κ2) is 7.95. The SMILES string of the molecule is Cc1cccc(N2CCN(C(=O)CCC(=O)c3ccc4[nH]c(=O)oc4c3)CC2)c1. The van der Waals surface area contributed by atoms with Gasteiger partial charge in [0.15, 0.2) is 11.4 Å². The molecule has 0 radical (unpaired) electrons. The average molecular weight is 393 g/mol. The standard InChI is InChI=1S/C22H23N3O4/c1-15-3-2-4-17(13-15)24-9-11-25(12-10-24)21(27)8-7-19(26)16-5-6-18-20(14-16)29-22(28)23-18/h2-6,13-14H,7-12H2,1H3,(H,23,28). The van der Waals surface area contributed by atoms with Crippen LogP contribution in [0.2, 0.25) is 0 Å². The van der Waals surface area contributed by atoms with E-state index in [1.165, 1.54) is 11.3 Å². The molecule has 29 heavy (non-hydrogen) atoms. The number of H-pyrrole nitrogens is 1. The van der Waals surface area contributed by atoms with Gasteiger partial charge >= 0.3 is 5.76 Å². The maximum Gasteiger partial charge on any atom is 0.417 e. The lowest BCUT2D eigenvalue weighted by atomic mass is 10.1. The Hall–Kier alpha value is -3.35. The number of nitrogens with zero attached hydrogens (tertiary/aromatic N) is 2. The minimum absolute atomic E-state index is 0.00324. The summed E-state index contributed by atoms with van der Waals surface area (Å²) in [7, 11) is 0. The van der Waals surface area contributed by atoms with Crippen LogP contribution in [0.25, 0.3) is 11.1 Å². The van der Waals surface area contributed by atoms with E-state index in [-0.39, 0.29) is 24.5 Å². The summed E-state index contributed by atoms with van der Waals surface area (Å²) in [6.07, 6.45) is 0.315. The minimum Gasteiger partial charge on any atom is -0.408 e. The first-order chi connectivity index (χ1) is 14.0. The van der Waals surface area contributed by atoms with Gasteiger partial charge < -0.3 is 14.2 Å². The van der Waals surface area contributed by atoms with E-state index in [2.05, 4.69) is 35.0 Å². The number of hydrogen-bond acceptors (Lipinski definition) is 5. The Morgan fingerprint density at radius 3 is 2.59 bits per heavy atom. The maximum absolute atomic E-state index is 12.5. The summed E-state index contributed by atoms with van der Waals surface area (Å²) < 4.78 is 4.99. The number of Topliss-reactive ketones (excluding diaryl/α,β-unsaturated/α-hetero) is 1. The molecule has 0 unspecified atom stereocenters. The lowest BCUT2D eigenvalue weighted by molar-refractivity contribution is -0.131. The summed E-state index contributed by atoms with van der Waals surface area (Å²) in [5.41, 5.74) is 3.74. The number of carbonyl (C=O) groups is 2. The molecule has 1 fully saturated rings. The molecule has 7 heteroatoms. The van der Waals surface area contributed by atoms with E-state index in [1.54, 1.807) is 18.2 Å². The number of piperazine rings is 1. The molecule has 150 valence electrons. The zero-order chi connectivity index (χ0) is 20.4. The van der Waals surface area contributed by atoms with Gasteiger partial charge in [-0.15, -0.1) is 0 Å². The van der Waals surface area contributed by atoms with E-state index >= 15 is 0 Å². The monoisotopic (exact) mass is 393 g/mol. The number of aromatic amines is 1. The molecule has 0 bridgehead atoms. The van der Waals surface area contributed by atoms with Crippen LogP contribution in [0.3, 0.4) is 0 Å². The van der Waals surface area contributed by atoms with Crippen molar-refractivity contribution in [2.45, 2.75) is 19.8 Å². The molecule has 1 aliphatic heterocycles. The van der Waals surface area contributed by atoms with E-state index in [0.29, 0.717) is 29.8 Å². The number of fused-ring (bicyclic) bond motifs is 1. The molecule has 1 N–H and O–H groups in total. The molecule has 0 atom stereocenters. The van der Waals surface area contributed by atoms with Crippen LogP contribution in [0.4, 0.5) is 5.69 Å². The zero-order valence-electron chi connectivity index (χ0n) is 16.3. The first kappa shape index (κ1) is 19.0. The Morgan fingerprint density at radius 1 is 1.03 bits per heavy atom. The van der Waals surface area contributed by atoms with Crippen molar-refractivity contribution in [3.63, 3.8) is 0 Å². The van der Waals surface area contributed by atoms with Gasteiger partial charge in [-0.05, 0) is 42.8 Å². The van der Waals surface area contributed by atoms with Crippen molar-refractivity contribution in [2.75, 3.05) is 31.1 Å². The number of ketones is 1. The molecule has 1 amide bonds. The number of anilines is 1. The third-order valence-electron chi connectivity index (χ3n) is 5.31. The molecule has 4 rings (SSSR count). The molecule has 0 spiro atoms. The predicted molar refractivity (Wildman–Crippen MR) is 110 cm³/mol. The molecule has 1 aliphatic rings. The number of hydrogen-bond donors (Lipinski definition) is 1. The second-order valence-electron chi connectivity index (χ2n) is 7.36. The third kappa shape index (κ3) is 4.23. The minimum atomic E-state index is -0.551. The van der Waals surface area contributed by atoms with Crippen LogP contribution in [0.5, 0.6) is 0 Å². The van der Waals surface area contributed by atoms with Crippen molar-refractivity contribution in [1.29, 1.82) is 0 Å². The Kier molecular flexibility index (Phi) is 5.20. The lowest BCUT2D eigenvalue weighted by Gasteiger charge is -2.36. The van der Waals surface area contributed by atoms with Gasteiger partial charge in [0.1, 0.15) is 0 Å². The Labute approximate surface area is 167 Å². The van der Waals surface area contributed by atoms with E-state index < -0.39 is 5.76 Å². The van der Waals surface area contributed by atoms with Crippen LogP contribution in [0, 0.1) is 6.92 Å². The highest BCUT2D eigenvalue weighted by Crippen LogP contribution is 2.19. The zero-order valence-corrected chi connectivity index (χ0v) is 16.3. The molecule has 0 saturated carbocycles. The Balaban J connectivity index is 1.30. The molecule has 1 saturated heterocycles. The van der Waals surface area contributed by atoms with Crippen molar-refractivity contribution in [3.05, 3.63) is 64.1 Å². The van der Waals surface area contributed by atoms with Gasteiger partial charge in [0.25, 0.3) is 0 Å². The number of aromatic nitrogens is 1. The highest BCUT2D eigenvalue weighted by atomic mass is 16.4. The fraction of sp³-hybridized carbons (Fsp3) is 0.318. The van der Waals surface area contributed by atoms with Crippen LogP contribution in [-0.4, -0.2) is 47.8 Å². The van der Waals surface area contributed by atoms with E-state index in [4.69, 9.17) is 4.42 Å². The van der Waals surface area contributed by atoms with Crippen LogP contribution >= 0.6 is 0 Å². The maximum atomic E-state index is 12.5. The predicted octanol–water partition coefficient (Wildman–Crippen LogP) is 2.74. The molecule has 2 aromatic carbocycles. The molecule has 0 aliphatic carbocycles. The van der Waals surface area contributed by atoms with Crippen molar-refractivity contribution in [2.24, 2.45) is 0 Å². The smallest absolute Gasteiger partial charge is 0.408 e. The average Bonchev–Trinajstić information content (AvgIpc) is 3.11. The topological polar surface area (TPSA) is 86.6 Å². The number of rotatable bonds is 5. The fourth-order valence-corrected chi connectivity index (χ4v) is 3.68. The van der Waals surface area contributed by atoms with Gasteiger partial charge in [-0.3, -0.25) is 14.6 Å². The first-order valence-corrected chi connectivity index (χ1v) is 9.75. The third-order valence-corrected chi connectivity index (χ3v) is 5.31. The van der Waals surface area contributed by atoms with E-state index in [9.17, 15) is 14.4 Å². The quantitative estimate of drug-likeness (QED) is 0.674. The van der Waals surface area contributed by atoms with E-state index in [0.717, 1.165) is 13.1 Å². The fourth-order valence-electron chi connectivity index (χ4n) is 3.68. The van der Waals surface area contributed by atoms with Crippen LogP contribution < -0.4 is 10.7 Å². The number of oxazole rings is 1. The van der Waals surface area contributed by atoms with Crippen molar-refractivity contribution in [3.8, 4) is 0 Å². The van der Waals surface area contributed by atoms with Gasteiger partial charge in [0.2, 0.25) is 5.91 Å². The highest BCUT2D eigenvalue weighted by molar-refractivity contribution is 6.00. The summed E-state index contributed by atoms with van der Waals surface area (Å²) in [5.74, 6) is -0.691. The Bertz CT molecular complexity index is 1110. The van der Waals surface area contributed by atoms with Crippen LogP contribution in [0.1, 0.15) is 28.8 Å². The second-order valence-corrected chi connectivity index (χ2v) is 7.36. The number of aryl methyl sites for hydroxylation is 1. The number of amides is 1. The number of carbonyl (C=O) groups excluding carboxylic acids is 2. The summed E-state index contributed by atoms with van der Waals surface area (Å²) in [4.78, 5) is 42.9. The van der Waals surface area contributed by atoms with Gasteiger partial charge in [0, 0.05) is 50.3 Å². The summed E-state index contributed by atoms with van der Waals surface area (Å²) in [6.45, 7) is 4.95. The molecule has 7 nitrogen and oxygen atoms in total. The molecular weight excluding hydrogens is 370 g/mol. The highest BCUT2D eigenvalue weighted by Gasteiger charge is 2.22. The van der Waals surface area contributed by atoms with Crippen molar-refractivity contribution in [1.82, 2.24) is 9.88 Å². The summed E-state index contributed by atoms with van der Waals surface area (Å²) in [5, 5.41) is 0. The van der Waals surface area contributed by atoms with Crippen LogP contribution in [-0.2, 0) is 4.79 Å². The molecule has 1 aromatic heterocycles. The largest absolute Gasteiger partial charge is 0.417 e. The van der Waals surface area contributed by atoms with Crippen LogP contribution in [0.15, 0.2) is 51.7 Å². The normalized spacial score (nSPS) is 14.4. The lowest BCUT2D eigenvalue weighted by Crippen LogP contribution is -2.48. The molecular formula is C22H23N3O4. The number of nitrogens with one attached hydrogen (secondary N) is 1. The molecule has 2 heterocycles. The van der Waals surface area contributed by atoms with Crippen molar-refractivity contribution < 1.29 is 14.0 Å². The summed E-state index contributed by atoms with van der Waals surface area (Å²) >= 11 is 0. The summed E-state index contributed by atoms with van der Waals surface area (Å²) in [6, 6.07) is 13.2. The van der Waals surface area contributed by atoms with Gasteiger partial charge in [-0.2, -0.15) is 0 Å². The van der Waals surface area contributed by atoms with Gasteiger partial charge in [0.05, 0.1) is 5.52 Å². The molecule has 3 aromatic rings.